The lowest BCUT2D eigenvalue weighted by Gasteiger charge is -2.12. The number of rotatable bonds is 26. The molecule has 0 N–H and O–H groups in total. The second-order valence-corrected chi connectivity index (χ2v) is 18.9. The number of esters is 4. The zero-order chi connectivity index (χ0) is 53.7. The zero-order valence-corrected chi connectivity index (χ0v) is 43.2. The third-order valence-corrected chi connectivity index (χ3v) is 13.2. The first-order chi connectivity index (χ1) is 37.0. The van der Waals surface area contributed by atoms with E-state index >= 15 is 8.78 Å². The monoisotopic (exact) mass is 1020 g/mol. The van der Waals surface area contributed by atoms with Crippen molar-refractivity contribution in [2.45, 2.75) is 117 Å². The summed E-state index contributed by atoms with van der Waals surface area (Å²) in [6, 6.07) is 42.2. The molecule has 0 aliphatic rings. The standard InChI is InChI=1S/C65H63F2NO8/c1-3-5-7-9-11-13-15-18-45-22-26-47(27-23-45)49-30-34-51(35-31-49)62(69)75-60-40-38-53(42-56(60)66)64(71)73-58-20-17-21-59(55(58)44-68)74-65(72)54-39-41-61(57(67)43-54)76-63(70)52-36-32-50(33-37-52)48-28-24-46(25-29-48)19-16-14-12-10-8-6-4-2/h17,20-43H,3-16,18-19H2,1-2H3. The molecule has 11 heteroatoms. The first-order valence-electron chi connectivity index (χ1n) is 26.4. The van der Waals surface area contributed by atoms with Crippen LogP contribution in [0.15, 0.2) is 152 Å². The van der Waals surface area contributed by atoms with Crippen molar-refractivity contribution in [3.63, 3.8) is 0 Å². The molecule has 0 fully saturated rings. The molecule has 0 saturated heterocycles. The first kappa shape index (κ1) is 55.5. The molecule has 0 aliphatic carbocycles. The zero-order valence-electron chi connectivity index (χ0n) is 43.2. The molecule has 390 valence electrons. The van der Waals surface area contributed by atoms with Crippen molar-refractivity contribution in [1.29, 1.82) is 5.26 Å². The van der Waals surface area contributed by atoms with Crippen LogP contribution < -0.4 is 18.9 Å². The van der Waals surface area contributed by atoms with Crippen molar-refractivity contribution in [3.8, 4) is 51.3 Å². The Kier molecular flexibility index (Phi) is 20.8. The summed E-state index contributed by atoms with van der Waals surface area (Å²) in [6.07, 6.45) is 19.7. The van der Waals surface area contributed by atoms with Crippen LogP contribution in [-0.4, -0.2) is 23.9 Å². The largest absolute Gasteiger partial charge is 0.421 e. The van der Waals surface area contributed by atoms with E-state index in [1.807, 2.05) is 6.07 Å². The first-order valence-corrected chi connectivity index (χ1v) is 26.4. The van der Waals surface area contributed by atoms with Crippen molar-refractivity contribution >= 4 is 23.9 Å². The second-order valence-electron chi connectivity index (χ2n) is 18.9. The third-order valence-electron chi connectivity index (χ3n) is 13.2. The topological polar surface area (TPSA) is 129 Å². The normalized spacial score (nSPS) is 10.9. The van der Waals surface area contributed by atoms with Crippen LogP contribution in [0.4, 0.5) is 8.78 Å². The highest BCUT2D eigenvalue weighted by atomic mass is 19.1. The third kappa shape index (κ3) is 15.9. The highest BCUT2D eigenvalue weighted by molar-refractivity contribution is 5.95. The van der Waals surface area contributed by atoms with Gasteiger partial charge in [0.25, 0.3) is 0 Å². The van der Waals surface area contributed by atoms with Gasteiger partial charge in [-0.3, -0.25) is 0 Å². The van der Waals surface area contributed by atoms with Gasteiger partial charge in [-0.15, -0.1) is 0 Å². The van der Waals surface area contributed by atoms with Gasteiger partial charge in [0.1, 0.15) is 11.6 Å². The van der Waals surface area contributed by atoms with E-state index in [9.17, 15) is 24.4 Å². The Morgan fingerprint density at radius 3 is 1.03 bits per heavy atom. The van der Waals surface area contributed by atoms with E-state index in [0.717, 1.165) is 72.2 Å². The van der Waals surface area contributed by atoms with Gasteiger partial charge in [-0.05, 0) is 132 Å². The van der Waals surface area contributed by atoms with Crippen LogP contribution in [0.1, 0.15) is 162 Å². The average molecular weight is 1020 g/mol. The lowest BCUT2D eigenvalue weighted by Crippen LogP contribution is -2.14. The Bertz CT molecular complexity index is 2910. The summed E-state index contributed by atoms with van der Waals surface area (Å²) in [4.78, 5) is 52.4. The molecule has 0 aliphatic heterocycles. The molecule has 0 radical (unpaired) electrons. The maximum absolute atomic E-state index is 15.3. The van der Waals surface area contributed by atoms with Crippen LogP contribution in [0.3, 0.4) is 0 Å². The predicted octanol–water partition coefficient (Wildman–Crippen LogP) is 16.6. The second kappa shape index (κ2) is 28.4. The summed E-state index contributed by atoms with van der Waals surface area (Å²) in [6.45, 7) is 4.45. The van der Waals surface area contributed by atoms with Gasteiger partial charge in [-0.25, -0.2) is 28.0 Å². The lowest BCUT2D eigenvalue weighted by atomic mass is 10.00. The van der Waals surface area contributed by atoms with Crippen LogP contribution >= 0.6 is 0 Å². The van der Waals surface area contributed by atoms with Gasteiger partial charge < -0.3 is 18.9 Å². The van der Waals surface area contributed by atoms with Crippen LogP contribution in [0.5, 0.6) is 23.0 Å². The lowest BCUT2D eigenvalue weighted by molar-refractivity contribution is 0.0716. The molecule has 7 aromatic rings. The molecule has 0 aromatic heterocycles. The number of ether oxygens (including phenoxy) is 4. The number of hydrogen-bond donors (Lipinski definition) is 0. The molecule has 0 atom stereocenters. The molecule has 0 spiro atoms. The number of carbonyl (C=O) groups is 4. The average Bonchev–Trinajstić information content (AvgIpc) is 3.44. The minimum Gasteiger partial charge on any atom is -0.421 e. The Morgan fingerprint density at radius 1 is 0.382 bits per heavy atom. The molecular formula is C65H63F2NO8. The van der Waals surface area contributed by atoms with Crippen molar-refractivity contribution in [2.24, 2.45) is 0 Å². The van der Waals surface area contributed by atoms with E-state index in [-0.39, 0.29) is 39.3 Å². The van der Waals surface area contributed by atoms with Gasteiger partial charge in [-0.2, -0.15) is 5.26 Å². The summed E-state index contributed by atoms with van der Waals surface area (Å²) in [5.74, 6) is -7.27. The molecule has 7 rings (SSSR count). The molecule has 0 bridgehead atoms. The molecule has 0 heterocycles. The molecule has 7 aromatic carbocycles. The molecule has 9 nitrogen and oxygen atoms in total. The number of hydrogen-bond acceptors (Lipinski definition) is 9. The molecular weight excluding hydrogens is 961 g/mol. The van der Waals surface area contributed by atoms with Gasteiger partial charge in [0.15, 0.2) is 34.6 Å². The van der Waals surface area contributed by atoms with E-state index in [1.165, 1.54) is 119 Å². The van der Waals surface area contributed by atoms with Crippen molar-refractivity contribution < 1.29 is 46.9 Å². The minimum absolute atomic E-state index is 0.193. The van der Waals surface area contributed by atoms with Crippen molar-refractivity contribution in [3.05, 3.63) is 202 Å². The quantitative estimate of drug-likeness (QED) is 0.0296. The number of halogens is 2. The Morgan fingerprint density at radius 2 is 0.684 bits per heavy atom. The van der Waals surface area contributed by atoms with Crippen molar-refractivity contribution in [1.82, 2.24) is 0 Å². The Balaban J connectivity index is 0.883. The van der Waals surface area contributed by atoms with E-state index in [1.54, 1.807) is 48.5 Å². The summed E-state index contributed by atoms with van der Waals surface area (Å²) in [5, 5.41) is 10.0. The van der Waals surface area contributed by atoms with Gasteiger partial charge in [0.05, 0.1) is 22.3 Å². The number of nitrogens with zero attached hydrogens (tertiary/aromatic N) is 1. The van der Waals surface area contributed by atoms with Crippen LogP contribution in [-0.2, 0) is 12.8 Å². The fourth-order valence-electron chi connectivity index (χ4n) is 8.75. The van der Waals surface area contributed by atoms with Crippen LogP contribution in [0.2, 0.25) is 0 Å². The highest BCUT2D eigenvalue weighted by Crippen LogP contribution is 2.31. The number of unbranched alkanes of at least 4 members (excludes halogenated alkanes) is 12. The van der Waals surface area contributed by atoms with E-state index < -0.39 is 47.0 Å². The van der Waals surface area contributed by atoms with Crippen LogP contribution in [0.25, 0.3) is 22.3 Å². The summed E-state index contributed by atoms with van der Waals surface area (Å²) in [7, 11) is 0. The van der Waals surface area contributed by atoms with E-state index in [0.29, 0.717) is 0 Å². The predicted molar refractivity (Wildman–Crippen MR) is 291 cm³/mol. The molecule has 0 saturated carbocycles. The molecule has 0 unspecified atom stereocenters. The number of carbonyl (C=O) groups excluding carboxylic acids is 4. The SMILES string of the molecule is CCCCCCCCCc1ccc(-c2ccc(C(=O)Oc3ccc(C(=O)Oc4cccc(OC(=O)c5ccc(OC(=O)c6ccc(-c7ccc(CCCCCCCCC)cc7)cc6)c(F)c5)c4C#N)cc3F)cc2)cc1. The smallest absolute Gasteiger partial charge is 0.343 e. The van der Waals surface area contributed by atoms with Gasteiger partial charge in [0, 0.05) is 0 Å². The summed E-state index contributed by atoms with van der Waals surface area (Å²) >= 11 is 0. The number of nitriles is 1. The van der Waals surface area contributed by atoms with Gasteiger partial charge >= 0.3 is 23.9 Å². The van der Waals surface area contributed by atoms with Crippen molar-refractivity contribution in [2.75, 3.05) is 0 Å². The van der Waals surface area contributed by atoms with E-state index in [2.05, 4.69) is 62.4 Å². The highest BCUT2D eigenvalue weighted by Gasteiger charge is 2.22. The number of aryl methyl sites for hydroxylation is 2. The maximum atomic E-state index is 15.3. The van der Waals surface area contributed by atoms with Crippen LogP contribution in [0, 0.1) is 23.0 Å². The van der Waals surface area contributed by atoms with E-state index in [4.69, 9.17) is 18.9 Å². The van der Waals surface area contributed by atoms with Gasteiger partial charge in [-0.1, -0.05) is 170 Å². The molecule has 76 heavy (non-hydrogen) atoms. The Labute approximate surface area is 444 Å². The fraction of sp³-hybridized carbons (Fsp3) is 0.277. The number of benzene rings is 7. The fourth-order valence-corrected chi connectivity index (χ4v) is 8.75. The summed E-state index contributed by atoms with van der Waals surface area (Å²) < 4.78 is 52.1. The minimum atomic E-state index is -1.07. The maximum Gasteiger partial charge on any atom is 0.343 e. The Hall–Kier alpha value is -8.23. The summed E-state index contributed by atoms with van der Waals surface area (Å²) in [5.41, 5.74) is 5.85. The molecule has 0 amide bonds. The van der Waals surface area contributed by atoms with Gasteiger partial charge in [0.2, 0.25) is 0 Å².